The Morgan fingerprint density at radius 2 is 1.49 bits per heavy atom. The molecule has 0 aliphatic heterocycles. The summed E-state index contributed by atoms with van der Waals surface area (Å²) in [5.41, 5.74) is 13.2. The normalized spacial score (nSPS) is 12.2. The smallest absolute Gasteiger partial charge is 0.419 e. The van der Waals surface area contributed by atoms with Crippen LogP contribution in [-0.2, 0) is 20.8 Å². The Labute approximate surface area is 243 Å². The molecule has 10 heteroatoms. The number of carbonyl (C=O) groups excluding carboxylic acids is 3. The molecule has 41 heavy (non-hydrogen) atoms. The van der Waals surface area contributed by atoms with E-state index in [-0.39, 0.29) is 37.1 Å². The first kappa shape index (κ1) is 33.2. The minimum Gasteiger partial charge on any atom is -0.453 e. The topological polar surface area (TPSA) is 133 Å². The molecule has 10 nitrogen and oxygen atoms in total. The molecule has 0 radical (unpaired) electrons. The summed E-state index contributed by atoms with van der Waals surface area (Å²) in [6, 6.07) is 17.0. The highest BCUT2D eigenvalue weighted by Crippen LogP contribution is 2.19. The van der Waals surface area contributed by atoms with Crippen LogP contribution in [0.1, 0.15) is 70.8 Å². The van der Waals surface area contributed by atoms with Gasteiger partial charge in [-0.25, -0.2) is 14.6 Å². The van der Waals surface area contributed by atoms with Crippen LogP contribution in [0.15, 0.2) is 60.7 Å². The number of nitrogens with one attached hydrogen (secondary N) is 2. The second-order valence-corrected chi connectivity index (χ2v) is 11.5. The van der Waals surface area contributed by atoms with E-state index in [4.69, 9.17) is 9.47 Å². The fraction of sp³-hybridized carbons (Fsp3) is 0.484. The van der Waals surface area contributed by atoms with Gasteiger partial charge in [0.1, 0.15) is 17.7 Å². The van der Waals surface area contributed by atoms with Crippen molar-refractivity contribution in [2.75, 3.05) is 6.54 Å². The molecule has 0 heterocycles. The minimum atomic E-state index is -0.977. The lowest BCUT2D eigenvalue weighted by atomic mass is 9.96. The maximum Gasteiger partial charge on any atom is 0.419 e. The third-order valence-electron chi connectivity index (χ3n) is 6.13. The van der Waals surface area contributed by atoms with Gasteiger partial charge in [0.05, 0.1) is 0 Å². The van der Waals surface area contributed by atoms with Crippen LogP contribution < -0.4 is 10.7 Å². The predicted octanol–water partition coefficient (Wildman–Crippen LogP) is 5.01. The fourth-order valence-corrected chi connectivity index (χ4v) is 4.33. The molecule has 0 saturated carbocycles. The standard InChI is InChI=1S/C31H43N5O5/c1-21(2)27(22(3)4)40-29(38)26(34-32)25(18-19-33-30(39)41-31(5,6)7)36(20-23-14-10-8-11-15-23)35-28(37)24-16-12-9-13-17-24/h8-17,21-22,25,27H,18-20H2,1-7H3,(H,33,39)(H,35,37)/t25-/m1/s1. The highest BCUT2D eigenvalue weighted by Gasteiger charge is 2.40. The molecule has 0 aliphatic carbocycles. The van der Waals surface area contributed by atoms with Gasteiger partial charge in [-0.3, -0.25) is 10.2 Å². The Morgan fingerprint density at radius 1 is 0.927 bits per heavy atom. The first-order chi connectivity index (χ1) is 19.3. The zero-order chi connectivity index (χ0) is 30.6. The molecule has 2 aromatic rings. The molecular weight excluding hydrogens is 522 g/mol. The van der Waals surface area contributed by atoms with E-state index in [1.807, 2.05) is 58.0 Å². The first-order valence-electron chi connectivity index (χ1n) is 13.9. The van der Waals surface area contributed by atoms with Crippen LogP contribution in [0.2, 0.25) is 0 Å². The van der Waals surface area contributed by atoms with Crippen LogP contribution in [-0.4, -0.2) is 57.8 Å². The van der Waals surface area contributed by atoms with Gasteiger partial charge in [0.15, 0.2) is 0 Å². The molecule has 2 N–H and O–H groups in total. The van der Waals surface area contributed by atoms with Crippen molar-refractivity contribution in [3.8, 4) is 0 Å². The van der Waals surface area contributed by atoms with Gasteiger partial charge < -0.3 is 20.3 Å². The monoisotopic (exact) mass is 565 g/mol. The van der Waals surface area contributed by atoms with Crippen molar-refractivity contribution < 1.29 is 28.6 Å². The zero-order valence-electron chi connectivity index (χ0n) is 25.1. The number of benzene rings is 2. The van der Waals surface area contributed by atoms with Gasteiger partial charge in [-0.2, -0.15) is 4.79 Å². The average molecular weight is 566 g/mol. The van der Waals surface area contributed by atoms with E-state index < -0.39 is 35.7 Å². The van der Waals surface area contributed by atoms with Crippen molar-refractivity contribution in [1.29, 1.82) is 0 Å². The third kappa shape index (κ3) is 11.2. The quantitative estimate of drug-likeness (QED) is 0.115. The van der Waals surface area contributed by atoms with Crippen molar-refractivity contribution in [3.63, 3.8) is 0 Å². The van der Waals surface area contributed by atoms with Crippen molar-refractivity contribution in [3.05, 3.63) is 77.3 Å². The lowest BCUT2D eigenvalue weighted by Crippen LogP contribution is -2.55. The summed E-state index contributed by atoms with van der Waals surface area (Å²) in [6.07, 6.45) is -0.978. The highest BCUT2D eigenvalue weighted by atomic mass is 16.6. The maximum absolute atomic E-state index is 13.5. The molecule has 2 rings (SSSR count). The van der Waals surface area contributed by atoms with Crippen molar-refractivity contribution in [2.24, 2.45) is 11.8 Å². The molecule has 0 spiro atoms. The number of hydrogen-bond donors (Lipinski definition) is 2. The average Bonchev–Trinajstić information content (AvgIpc) is 2.90. The fourth-order valence-electron chi connectivity index (χ4n) is 4.33. The van der Waals surface area contributed by atoms with Crippen LogP contribution in [0, 0.1) is 11.8 Å². The summed E-state index contributed by atoms with van der Waals surface area (Å²) >= 11 is 0. The van der Waals surface area contributed by atoms with Gasteiger partial charge in [-0.15, -0.1) is 0 Å². The van der Waals surface area contributed by atoms with E-state index in [0.29, 0.717) is 5.56 Å². The molecule has 2 amide bonds. The van der Waals surface area contributed by atoms with Gasteiger partial charge in [0.2, 0.25) is 0 Å². The Balaban J connectivity index is 2.45. The van der Waals surface area contributed by atoms with Gasteiger partial charge in [-0.1, -0.05) is 76.2 Å². The first-order valence-corrected chi connectivity index (χ1v) is 13.9. The lowest BCUT2D eigenvalue weighted by Gasteiger charge is -2.30. The molecule has 0 saturated heterocycles. The van der Waals surface area contributed by atoms with E-state index in [1.165, 1.54) is 5.01 Å². The highest BCUT2D eigenvalue weighted by molar-refractivity contribution is 6.36. The molecule has 0 unspecified atom stereocenters. The van der Waals surface area contributed by atoms with Crippen molar-refractivity contribution in [1.82, 2.24) is 15.8 Å². The number of hydrogen-bond acceptors (Lipinski definition) is 6. The van der Waals surface area contributed by atoms with Crippen molar-refractivity contribution >= 4 is 23.7 Å². The minimum absolute atomic E-state index is 0.0179. The number of nitrogens with zero attached hydrogens (tertiary/aromatic N) is 3. The molecular formula is C31H43N5O5. The van der Waals surface area contributed by atoms with Crippen molar-refractivity contribution in [2.45, 2.75) is 79.2 Å². The number of carbonyl (C=O) groups is 3. The lowest BCUT2D eigenvalue weighted by molar-refractivity contribution is -0.151. The van der Waals surface area contributed by atoms with E-state index >= 15 is 0 Å². The third-order valence-corrected chi connectivity index (χ3v) is 6.13. The molecule has 0 fully saturated rings. The summed E-state index contributed by atoms with van der Waals surface area (Å²) in [6.45, 7) is 13.2. The van der Waals surface area contributed by atoms with Crippen LogP contribution in [0.5, 0.6) is 0 Å². The summed E-state index contributed by atoms with van der Waals surface area (Å²) < 4.78 is 11.1. The number of rotatable bonds is 13. The second kappa shape index (κ2) is 15.7. The Morgan fingerprint density at radius 3 is 2.00 bits per heavy atom. The molecule has 0 aromatic heterocycles. The van der Waals surface area contributed by atoms with E-state index in [9.17, 15) is 19.9 Å². The van der Waals surface area contributed by atoms with Crippen LogP contribution in [0.25, 0.3) is 5.53 Å². The second-order valence-electron chi connectivity index (χ2n) is 11.5. The molecule has 2 aromatic carbocycles. The van der Waals surface area contributed by atoms with E-state index in [1.54, 1.807) is 51.1 Å². The van der Waals surface area contributed by atoms with Crippen LogP contribution in [0.3, 0.4) is 0 Å². The molecule has 1 atom stereocenters. The van der Waals surface area contributed by atoms with Gasteiger partial charge in [0.25, 0.3) is 5.91 Å². The van der Waals surface area contributed by atoms with Gasteiger partial charge in [-0.05, 0) is 56.7 Å². The van der Waals surface area contributed by atoms with Crippen LogP contribution in [0.4, 0.5) is 4.79 Å². The maximum atomic E-state index is 13.5. The molecule has 222 valence electrons. The summed E-state index contributed by atoms with van der Waals surface area (Å²) in [4.78, 5) is 42.4. The Bertz CT molecular complexity index is 1180. The number of hydrazine groups is 1. The summed E-state index contributed by atoms with van der Waals surface area (Å²) in [5.74, 6) is -1.19. The summed E-state index contributed by atoms with van der Waals surface area (Å²) in [5, 5.41) is 4.20. The SMILES string of the molecule is CC(C)C(OC(=O)C(=[N+]=[N-])[C@@H](CCNC(=O)OC(C)(C)C)N(Cc1ccccc1)NC(=O)c1ccccc1)C(C)C. The molecule has 0 aliphatic rings. The Kier molecular flexibility index (Phi) is 12.7. The van der Waals surface area contributed by atoms with Gasteiger partial charge >= 0.3 is 17.8 Å². The summed E-state index contributed by atoms with van der Waals surface area (Å²) in [7, 11) is 0. The zero-order valence-corrected chi connectivity index (χ0v) is 25.1. The predicted molar refractivity (Wildman–Crippen MR) is 157 cm³/mol. The number of esters is 1. The van der Waals surface area contributed by atoms with E-state index in [0.717, 1.165) is 5.56 Å². The number of ether oxygens (including phenoxy) is 2. The molecule has 0 bridgehead atoms. The Hall–Kier alpha value is -4.01. The van der Waals surface area contributed by atoms with Crippen LogP contribution >= 0.6 is 0 Å². The van der Waals surface area contributed by atoms with E-state index in [2.05, 4.69) is 15.5 Å². The number of alkyl carbamates (subject to hydrolysis) is 1. The number of amides is 2. The largest absolute Gasteiger partial charge is 0.453 e. The van der Waals surface area contributed by atoms with Gasteiger partial charge in [0, 0.05) is 18.7 Å².